The number of hydrogen-bond acceptors (Lipinski definition) is 4. The molecule has 1 heterocycles. The van der Waals surface area contributed by atoms with Crippen molar-refractivity contribution in [2.24, 2.45) is 0 Å². The summed E-state index contributed by atoms with van der Waals surface area (Å²) >= 11 is 0. The zero-order valence-electron chi connectivity index (χ0n) is 16.2. The van der Waals surface area contributed by atoms with Gasteiger partial charge >= 0.3 is 5.97 Å². The maximum atomic E-state index is 12.3. The molecule has 6 nitrogen and oxygen atoms in total. The van der Waals surface area contributed by atoms with Crippen LogP contribution in [0, 0.1) is 6.92 Å². The fraction of sp³-hybridized carbons (Fsp3) is 0.364. The summed E-state index contributed by atoms with van der Waals surface area (Å²) in [6, 6.07) is 16.3. The number of carbonyl (C=O) groups is 2. The third kappa shape index (κ3) is 5.33. The van der Waals surface area contributed by atoms with Crippen molar-refractivity contribution in [1.29, 1.82) is 0 Å². The number of rotatable bonds is 7. The second-order valence-corrected chi connectivity index (χ2v) is 7.17. The van der Waals surface area contributed by atoms with E-state index in [1.807, 2.05) is 6.07 Å². The molecule has 0 spiro atoms. The lowest BCUT2D eigenvalue weighted by Gasteiger charge is -2.36. The number of hydrogen-bond donors (Lipinski definition) is 2. The van der Waals surface area contributed by atoms with E-state index in [4.69, 9.17) is 0 Å². The molecule has 1 amide bonds. The second-order valence-electron chi connectivity index (χ2n) is 7.17. The van der Waals surface area contributed by atoms with E-state index >= 15 is 0 Å². The number of amides is 1. The Morgan fingerprint density at radius 1 is 1.04 bits per heavy atom. The average Bonchev–Trinajstić information content (AvgIpc) is 2.71. The molecule has 1 saturated heterocycles. The molecular formula is C22H27N3O3. The van der Waals surface area contributed by atoms with Crippen LogP contribution >= 0.6 is 0 Å². The lowest BCUT2D eigenvalue weighted by molar-refractivity contribution is -0.142. The summed E-state index contributed by atoms with van der Waals surface area (Å²) in [6.07, 6.45) is 0.293. The normalized spacial score (nSPS) is 15.8. The van der Waals surface area contributed by atoms with E-state index in [1.165, 1.54) is 11.3 Å². The van der Waals surface area contributed by atoms with Crippen LogP contribution in [-0.4, -0.2) is 54.6 Å². The second kappa shape index (κ2) is 9.37. The number of carboxylic acid groups (broad SMARTS) is 1. The Balaban J connectivity index is 1.46. The molecule has 1 aliphatic rings. The molecule has 0 aromatic heterocycles. The van der Waals surface area contributed by atoms with Gasteiger partial charge in [0.15, 0.2) is 6.04 Å². The van der Waals surface area contributed by atoms with Gasteiger partial charge < -0.3 is 15.3 Å². The van der Waals surface area contributed by atoms with Crippen LogP contribution in [0.5, 0.6) is 0 Å². The van der Waals surface area contributed by atoms with Gasteiger partial charge in [-0.2, -0.15) is 0 Å². The predicted molar refractivity (Wildman–Crippen MR) is 109 cm³/mol. The average molecular weight is 381 g/mol. The molecule has 1 fully saturated rings. The van der Waals surface area contributed by atoms with Gasteiger partial charge in [-0.1, -0.05) is 42.5 Å². The lowest BCUT2D eigenvalue weighted by atomic mass is 10.1. The Hall–Kier alpha value is -2.86. The summed E-state index contributed by atoms with van der Waals surface area (Å²) in [5, 5.41) is 12.1. The van der Waals surface area contributed by atoms with E-state index in [0.717, 1.165) is 26.2 Å². The Morgan fingerprint density at radius 2 is 1.75 bits per heavy atom. The van der Waals surface area contributed by atoms with Crippen LogP contribution in [0.1, 0.15) is 23.6 Å². The van der Waals surface area contributed by atoms with E-state index in [9.17, 15) is 14.7 Å². The summed E-state index contributed by atoms with van der Waals surface area (Å²) in [5.41, 5.74) is 3.07. The first kappa shape index (κ1) is 19.9. The van der Waals surface area contributed by atoms with E-state index in [-0.39, 0.29) is 5.91 Å². The zero-order chi connectivity index (χ0) is 19.9. The molecule has 148 valence electrons. The third-order valence-electron chi connectivity index (χ3n) is 5.08. The van der Waals surface area contributed by atoms with Gasteiger partial charge in [0.1, 0.15) is 0 Å². The first-order chi connectivity index (χ1) is 13.5. The highest BCUT2D eigenvalue weighted by molar-refractivity contribution is 5.84. The smallest absolute Gasteiger partial charge is 0.330 e. The van der Waals surface area contributed by atoms with Crippen LogP contribution in [0.25, 0.3) is 0 Å². The largest absolute Gasteiger partial charge is 0.479 e. The van der Waals surface area contributed by atoms with Crippen molar-refractivity contribution >= 4 is 17.6 Å². The number of nitrogens with zero attached hydrogens (tertiary/aromatic N) is 2. The number of piperazine rings is 1. The monoisotopic (exact) mass is 381 g/mol. The van der Waals surface area contributed by atoms with Crippen LogP contribution < -0.4 is 10.2 Å². The minimum Gasteiger partial charge on any atom is -0.479 e. The van der Waals surface area contributed by atoms with Gasteiger partial charge in [0.2, 0.25) is 5.91 Å². The molecule has 0 bridgehead atoms. The fourth-order valence-electron chi connectivity index (χ4n) is 3.48. The highest BCUT2D eigenvalue weighted by Crippen LogP contribution is 2.18. The number of aliphatic carboxylic acids is 1. The number of anilines is 1. The number of benzene rings is 2. The molecule has 0 radical (unpaired) electrons. The topological polar surface area (TPSA) is 72.9 Å². The van der Waals surface area contributed by atoms with Gasteiger partial charge in [-0.25, -0.2) is 4.79 Å². The maximum Gasteiger partial charge on any atom is 0.330 e. The van der Waals surface area contributed by atoms with Gasteiger partial charge in [-0.15, -0.1) is 0 Å². The third-order valence-corrected chi connectivity index (χ3v) is 5.08. The number of aryl methyl sites for hydroxylation is 1. The molecule has 0 unspecified atom stereocenters. The van der Waals surface area contributed by atoms with Crippen molar-refractivity contribution < 1.29 is 14.7 Å². The zero-order valence-corrected chi connectivity index (χ0v) is 16.2. The van der Waals surface area contributed by atoms with Crippen LogP contribution in [0.2, 0.25) is 0 Å². The van der Waals surface area contributed by atoms with Crippen molar-refractivity contribution in [3.63, 3.8) is 0 Å². The predicted octanol–water partition coefficient (Wildman–Crippen LogP) is 2.45. The van der Waals surface area contributed by atoms with Gasteiger partial charge in [0.05, 0.1) is 0 Å². The van der Waals surface area contributed by atoms with E-state index in [0.29, 0.717) is 18.5 Å². The standard InChI is InChI=1S/C22H27N3O3/c1-17-6-5-9-19(16-17)25-14-12-24(13-15-25)11-10-20(26)23-21(22(27)28)18-7-3-2-4-8-18/h2-9,16,21H,10-15H2,1H3,(H,23,26)(H,27,28)/t21-/m1/s1. The maximum absolute atomic E-state index is 12.3. The Morgan fingerprint density at radius 3 is 2.39 bits per heavy atom. The Kier molecular flexibility index (Phi) is 6.66. The molecular weight excluding hydrogens is 354 g/mol. The quantitative estimate of drug-likeness (QED) is 0.771. The Bertz CT molecular complexity index is 802. The highest BCUT2D eigenvalue weighted by atomic mass is 16.4. The van der Waals surface area contributed by atoms with Gasteiger partial charge in [-0.05, 0) is 30.2 Å². The van der Waals surface area contributed by atoms with Gasteiger partial charge in [0, 0.05) is 44.8 Å². The van der Waals surface area contributed by atoms with Crippen LogP contribution in [0.15, 0.2) is 54.6 Å². The summed E-state index contributed by atoms with van der Waals surface area (Å²) in [6.45, 7) is 6.36. The van der Waals surface area contributed by atoms with Crippen molar-refractivity contribution in [1.82, 2.24) is 10.2 Å². The number of carbonyl (C=O) groups excluding carboxylic acids is 1. The SMILES string of the molecule is Cc1cccc(N2CCN(CCC(=O)N[C@@H](C(=O)O)c3ccccc3)CC2)c1. The van der Waals surface area contributed by atoms with Crippen LogP contribution in [-0.2, 0) is 9.59 Å². The summed E-state index contributed by atoms with van der Waals surface area (Å²) in [4.78, 5) is 28.4. The first-order valence-corrected chi connectivity index (χ1v) is 9.64. The molecule has 28 heavy (non-hydrogen) atoms. The van der Waals surface area contributed by atoms with Crippen LogP contribution in [0.4, 0.5) is 5.69 Å². The molecule has 6 heteroatoms. The molecule has 2 aromatic rings. The van der Waals surface area contributed by atoms with E-state index in [1.54, 1.807) is 24.3 Å². The summed E-state index contributed by atoms with van der Waals surface area (Å²) in [5.74, 6) is -1.29. The van der Waals surface area contributed by atoms with Crippen molar-refractivity contribution in [3.8, 4) is 0 Å². The van der Waals surface area contributed by atoms with Crippen molar-refractivity contribution in [2.45, 2.75) is 19.4 Å². The molecule has 2 aromatic carbocycles. The molecule has 1 atom stereocenters. The molecule has 1 aliphatic heterocycles. The highest BCUT2D eigenvalue weighted by Gasteiger charge is 2.23. The minimum atomic E-state index is -1.05. The Labute approximate surface area is 165 Å². The molecule has 3 rings (SSSR count). The van der Waals surface area contributed by atoms with Crippen molar-refractivity contribution in [3.05, 3.63) is 65.7 Å². The fourth-order valence-corrected chi connectivity index (χ4v) is 3.48. The van der Waals surface area contributed by atoms with Gasteiger partial charge in [0.25, 0.3) is 0 Å². The molecule has 0 saturated carbocycles. The summed E-state index contributed by atoms with van der Waals surface area (Å²) < 4.78 is 0. The number of carboxylic acids is 1. The van der Waals surface area contributed by atoms with Crippen LogP contribution in [0.3, 0.4) is 0 Å². The lowest BCUT2D eigenvalue weighted by Crippen LogP contribution is -2.47. The molecule has 0 aliphatic carbocycles. The molecule has 2 N–H and O–H groups in total. The summed E-state index contributed by atoms with van der Waals surface area (Å²) in [7, 11) is 0. The van der Waals surface area contributed by atoms with Gasteiger partial charge in [-0.3, -0.25) is 9.69 Å². The number of nitrogens with one attached hydrogen (secondary N) is 1. The van der Waals surface area contributed by atoms with Crippen molar-refractivity contribution in [2.75, 3.05) is 37.6 Å². The first-order valence-electron chi connectivity index (χ1n) is 9.64. The minimum absolute atomic E-state index is 0.239. The van der Waals surface area contributed by atoms with E-state index < -0.39 is 12.0 Å². The van der Waals surface area contributed by atoms with E-state index in [2.05, 4.69) is 46.3 Å².